The predicted octanol–water partition coefficient (Wildman–Crippen LogP) is 5.55. The average molecular weight is 396 g/mol. The van der Waals surface area contributed by atoms with Crippen molar-refractivity contribution < 1.29 is 20.1 Å². The summed E-state index contributed by atoms with van der Waals surface area (Å²) in [5, 5.41) is 26.6. The Kier molecular flexibility index (Phi) is 17.7. The SMILES string of the molecule is CCCCCCCCCCCCCCC(=O)O.NCC(O)c1ccc(O)cc1. The molecule has 0 amide bonds. The van der Waals surface area contributed by atoms with Crippen LogP contribution in [0.4, 0.5) is 0 Å². The molecule has 0 saturated carbocycles. The van der Waals surface area contributed by atoms with Gasteiger partial charge in [0.1, 0.15) is 5.75 Å². The van der Waals surface area contributed by atoms with E-state index in [2.05, 4.69) is 6.92 Å². The standard InChI is InChI=1S/C15H30O2.C8H11NO2/c1-2-3-4-5-6-7-8-9-10-11-12-13-14-15(16)17;9-5-8(11)6-1-3-7(10)4-2-6/h2-14H2,1H3,(H,16,17);1-4,8,10-11H,5,9H2. The largest absolute Gasteiger partial charge is 0.508 e. The maximum Gasteiger partial charge on any atom is 0.303 e. The van der Waals surface area contributed by atoms with Crippen LogP contribution in [0.2, 0.25) is 0 Å². The molecule has 1 aromatic rings. The highest BCUT2D eigenvalue weighted by molar-refractivity contribution is 5.66. The fraction of sp³-hybridized carbons (Fsp3) is 0.696. The van der Waals surface area contributed by atoms with Gasteiger partial charge in [0.25, 0.3) is 0 Å². The number of aromatic hydroxyl groups is 1. The fourth-order valence-corrected chi connectivity index (χ4v) is 2.95. The van der Waals surface area contributed by atoms with E-state index in [0.717, 1.165) is 18.4 Å². The first-order valence-electron chi connectivity index (χ1n) is 10.9. The van der Waals surface area contributed by atoms with Crippen LogP contribution in [0.3, 0.4) is 0 Å². The van der Waals surface area contributed by atoms with Gasteiger partial charge in [-0.2, -0.15) is 0 Å². The van der Waals surface area contributed by atoms with Crippen LogP contribution in [-0.2, 0) is 4.79 Å². The zero-order valence-corrected chi connectivity index (χ0v) is 17.6. The van der Waals surface area contributed by atoms with Crippen LogP contribution in [0.25, 0.3) is 0 Å². The highest BCUT2D eigenvalue weighted by atomic mass is 16.4. The molecule has 1 unspecified atom stereocenters. The monoisotopic (exact) mass is 395 g/mol. The third kappa shape index (κ3) is 16.6. The molecule has 5 N–H and O–H groups in total. The number of aliphatic hydroxyl groups excluding tert-OH is 1. The van der Waals surface area contributed by atoms with Crippen molar-refractivity contribution in [1.82, 2.24) is 0 Å². The Balaban J connectivity index is 0.000000567. The van der Waals surface area contributed by atoms with Crippen molar-refractivity contribution in [2.45, 2.75) is 96.5 Å². The van der Waals surface area contributed by atoms with Gasteiger partial charge in [0, 0.05) is 13.0 Å². The normalized spacial score (nSPS) is 11.5. The van der Waals surface area contributed by atoms with E-state index in [-0.39, 0.29) is 12.3 Å². The number of nitrogens with two attached hydrogens (primary N) is 1. The number of aliphatic hydroxyl groups is 1. The molecule has 0 saturated heterocycles. The average Bonchev–Trinajstić information content (AvgIpc) is 2.69. The van der Waals surface area contributed by atoms with E-state index >= 15 is 0 Å². The second-order valence-electron chi connectivity index (χ2n) is 7.38. The minimum absolute atomic E-state index is 0.193. The summed E-state index contributed by atoms with van der Waals surface area (Å²) in [6.07, 6.45) is 15.2. The number of rotatable bonds is 15. The number of unbranched alkanes of at least 4 members (excludes halogenated alkanes) is 11. The summed E-state index contributed by atoms with van der Waals surface area (Å²) in [6.45, 7) is 2.45. The third-order valence-corrected chi connectivity index (χ3v) is 4.75. The molecule has 0 radical (unpaired) electrons. The second kappa shape index (κ2) is 18.8. The Bertz CT molecular complexity index is 476. The molecule has 0 aliphatic carbocycles. The fourth-order valence-electron chi connectivity index (χ4n) is 2.95. The lowest BCUT2D eigenvalue weighted by Gasteiger charge is -2.06. The number of carbonyl (C=O) groups is 1. The molecule has 0 spiro atoms. The number of phenolic OH excluding ortho intramolecular Hbond substituents is 1. The first-order valence-corrected chi connectivity index (χ1v) is 10.9. The van der Waals surface area contributed by atoms with Crippen molar-refractivity contribution in [1.29, 1.82) is 0 Å². The van der Waals surface area contributed by atoms with E-state index in [1.54, 1.807) is 12.1 Å². The number of carboxylic acid groups (broad SMARTS) is 1. The Morgan fingerprint density at radius 1 is 0.857 bits per heavy atom. The first kappa shape index (κ1) is 26.4. The lowest BCUT2D eigenvalue weighted by Crippen LogP contribution is -2.10. The molecule has 0 aromatic heterocycles. The van der Waals surface area contributed by atoms with Gasteiger partial charge in [0.2, 0.25) is 0 Å². The van der Waals surface area contributed by atoms with Crippen LogP contribution in [0, 0.1) is 0 Å². The Labute approximate surface area is 171 Å². The molecule has 1 rings (SSSR count). The molecule has 0 bridgehead atoms. The van der Waals surface area contributed by atoms with Crippen molar-refractivity contribution in [3.63, 3.8) is 0 Å². The lowest BCUT2D eigenvalue weighted by atomic mass is 10.0. The lowest BCUT2D eigenvalue weighted by molar-refractivity contribution is -0.137. The molecular weight excluding hydrogens is 354 g/mol. The Hall–Kier alpha value is -1.59. The van der Waals surface area contributed by atoms with Crippen LogP contribution >= 0.6 is 0 Å². The van der Waals surface area contributed by atoms with Gasteiger partial charge in [0.05, 0.1) is 6.10 Å². The maximum atomic E-state index is 10.3. The van der Waals surface area contributed by atoms with E-state index in [0.29, 0.717) is 6.42 Å². The van der Waals surface area contributed by atoms with Crippen molar-refractivity contribution in [3.8, 4) is 5.75 Å². The molecule has 0 fully saturated rings. The summed E-state index contributed by atoms with van der Waals surface area (Å²) < 4.78 is 0. The van der Waals surface area contributed by atoms with Crippen LogP contribution in [-0.4, -0.2) is 27.8 Å². The molecule has 0 aliphatic heterocycles. The molecular formula is C23H41NO4. The molecule has 5 nitrogen and oxygen atoms in total. The molecule has 0 aliphatic rings. The van der Waals surface area contributed by atoms with E-state index in [1.165, 1.54) is 76.3 Å². The van der Waals surface area contributed by atoms with Gasteiger partial charge in [-0.25, -0.2) is 0 Å². The summed E-state index contributed by atoms with van der Waals surface area (Å²) in [6, 6.07) is 6.34. The number of carboxylic acids is 1. The minimum Gasteiger partial charge on any atom is -0.508 e. The van der Waals surface area contributed by atoms with Gasteiger partial charge in [-0.3, -0.25) is 4.79 Å². The smallest absolute Gasteiger partial charge is 0.303 e. The van der Waals surface area contributed by atoms with Gasteiger partial charge < -0.3 is 21.1 Å². The predicted molar refractivity (Wildman–Crippen MR) is 115 cm³/mol. The highest BCUT2D eigenvalue weighted by Gasteiger charge is 2.03. The summed E-state index contributed by atoms with van der Waals surface area (Å²) in [5.41, 5.74) is 5.96. The number of hydrogen-bond acceptors (Lipinski definition) is 4. The Morgan fingerprint density at radius 3 is 1.68 bits per heavy atom. The van der Waals surface area contributed by atoms with Crippen LogP contribution in [0.15, 0.2) is 24.3 Å². The molecule has 0 heterocycles. The van der Waals surface area contributed by atoms with E-state index in [1.807, 2.05) is 0 Å². The highest BCUT2D eigenvalue weighted by Crippen LogP contribution is 2.15. The van der Waals surface area contributed by atoms with E-state index in [9.17, 15) is 9.90 Å². The second-order valence-corrected chi connectivity index (χ2v) is 7.38. The number of hydrogen-bond donors (Lipinski definition) is 4. The summed E-state index contributed by atoms with van der Waals surface area (Å²) >= 11 is 0. The Morgan fingerprint density at radius 2 is 1.29 bits per heavy atom. The third-order valence-electron chi connectivity index (χ3n) is 4.75. The molecule has 162 valence electrons. The molecule has 1 atom stereocenters. The maximum absolute atomic E-state index is 10.3. The van der Waals surface area contributed by atoms with Crippen LogP contribution < -0.4 is 5.73 Å². The van der Waals surface area contributed by atoms with Crippen molar-refractivity contribution >= 4 is 5.97 Å². The van der Waals surface area contributed by atoms with Crippen LogP contribution in [0.1, 0.15) is 102 Å². The van der Waals surface area contributed by atoms with Gasteiger partial charge in [-0.1, -0.05) is 89.7 Å². The summed E-state index contributed by atoms with van der Waals surface area (Å²) in [7, 11) is 0. The van der Waals surface area contributed by atoms with Crippen LogP contribution in [0.5, 0.6) is 5.75 Å². The number of aliphatic carboxylic acids is 1. The topological polar surface area (TPSA) is 104 Å². The van der Waals surface area contributed by atoms with Gasteiger partial charge in [-0.05, 0) is 24.1 Å². The molecule has 28 heavy (non-hydrogen) atoms. The van der Waals surface area contributed by atoms with Crippen molar-refractivity contribution in [3.05, 3.63) is 29.8 Å². The summed E-state index contributed by atoms with van der Waals surface area (Å²) in [4.78, 5) is 10.3. The molecule has 5 heteroatoms. The van der Waals surface area contributed by atoms with Gasteiger partial charge in [-0.15, -0.1) is 0 Å². The zero-order chi connectivity index (χ0) is 21.0. The van der Waals surface area contributed by atoms with Gasteiger partial charge in [0.15, 0.2) is 0 Å². The zero-order valence-electron chi connectivity index (χ0n) is 17.6. The summed E-state index contributed by atoms with van der Waals surface area (Å²) in [5.74, 6) is -0.463. The van der Waals surface area contributed by atoms with Crippen molar-refractivity contribution in [2.75, 3.05) is 6.54 Å². The van der Waals surface area contributed by atoms with E-state index in [4.69, 9.17) is 15.9 Å². The molecule has 1 aromatic carbocycles. The van der Waals surface area contributed by atoms with Crippen molar-refractivity contribution in [2.24, 2.45) is 5.73 Å². The number of phenols is 1. The first-order chi connectivity index (χ1) is 13.5. The quantitative estimate of drug-likeness (QED) is 0.292. The number of benzene rings is 1. The van der Waals surface area contributed by atoms with E-state index < -0.39 is 12.1 Å². The minimum atomic E-state index is -0.655. The van der Waals surface area contributed by atoms with Gasteiger partial charge >= 0.3 is 5.97 Å².